The summed E-state index contributed by atoms with van der Waals surface area (Å²) in [6.07, 6.45) is 7.11. The molecule has 2 amide bonds. The number of fused-ring (bicyclic) bond motifs is 1. The molecule has 25 heavy (non-hydrogen) atoms. The fourth-order valence-electron chi connectivity index (χ4n) is 4.02. The standard InChI is InChI=1S/C17H24N6O2/c1-21-15(24)9-8-12(20-21)17(25)22-11-5-6-13(22)16-19-18-14-7-3-2-4-10-23(14)16/h13H,2-11H2,1H3/t13-/m0/s1. The van der Waals surface area contributed by atoms with Gasteiger partial charge in [-0.3, -0.25) is 9.59 Å². The molecule has 8 nitrogen and oxygen atoms in total. The summed E-state index contributed by atoms with van der Waals surface area (Å²) in [6, 6.07) is -0.0301. The highest BCUT2D eigenvalue weighted by atomic mass is 16.2. The minimum absolute atomic E-state index is 0.0301. The van der Waals surface area contributed by atoms with Crippen molar-refractivity contribution in [1.82, 2.24) is 24.7 Å². The van der Waals surface area contributed by atoms with E-state index in [1.807, 2.05) is 4.90 Å². The van der Waals surface area contributed by atoms with Gasteiger partial charge in [0, 0.05) is 39.4 Å². The Hall–Kier alpha value is -2.25. The molecule has 1 saturated heterocycles. The zero-order chi connectivity index (χ0) is 17.4. The Kier molecular flexibility index (Phi) is 4.27. The van der Waals surface area contributed by atoms with Gasteiger partial charge in [0.05, 0.1) is 6.04 Å². The van der Waals surface area contributed by atoms with Crippen molar-refractivity contribution in [3.05, 3.63) is 11.6 Å². The first kappa shape index (κ1) is 16.2. The number of hydrogen-bond acceptors (Lipinski definition) is 5. The van der Waals surface area contributed by atoms with Crippen LogP contribution in [0.15, 0.2) is 5.10 Å². The molecular weight excluding hydrogens is 320 g/mol. The average molecular weight is 344 g/mol. The Balaban J connectivity index is 1.59. The lowest BCUT2D eigenvalue weighted by atomic mass is 10.1. The number of aryl methyl sites for hydroxylation is 1. The highest BCUT2D eigenvalue weighted by Crippen LogP contribution is 2.33. The molecule has 3 aliphatic rings. The number of hydrogen-bond donors (Lipinski definition) is 0. The van der Waals surface area contributed by atoms with Gasteiger partial charge < -0.3 is 9.47 Å². The van der Waals surface area contributed by atoms with Crippen LogP contribution in [-0.2, 0) is 22.6 Å². The van der Waals surface area contributed by atoms with Crippen molar-refractivity contribution >= 4 is 17.5 Å². The summed E-state index contributed by atoms with van der Waals surface area (Å²) in [5, 5.41) is 14.3. The summed E-state index contributed by atoms with van der Waals surface area (Å²) < 4.78 is 2.22. The van der Waals surface area contributed by atoms with Gasteiger partial charge >= 0.3 is 0 Å². The first-order valence-electron chi connectivity index (χ1n) is 9.22. The molecule has 4 heterocycles. The summed E-state index contributed by atoms with van der Waals surface area (Å²) >= 11 is 0. The van der Waals surface area contributed by atoms with Gasteiger partial charge in [-0.15, -0.1) is 10.2 Å². The molecule has 1 atom stereocenters. The van der Waals surface area contributed by atoms with Gasteiger partial charge in [0.2, 0.25) is 5.91 Å². The summed E-state index contributed by atoms with van der Waals surface area (Å²) in [6.45, 7) is 1.65. The Morgan fingerprint density at radius 2 is 1.92 bits per heavy atom. The number of carbonyl (C=O) groups excluding carboxylic acids is 2. The third-order valence-corrected chi connectivity index (χ3v) is 5.40. The van der Waals surface area contributed by atoms with E-state index in [1.165, 1.54) is 11.4 Å². The summed E-state index contributed by atoms with van der Waals surface area (Å²) in [5.74, 6) is 1.86. The SMILES string of the molecule is CN1N=C(C(=O)N2CCC[C@H]2c2nnc3n2CCCCC3)CCC1=O. The molecule has 0 aromatic carbocycles. The second-order valence-electron chi connectivity index (χ2n) is 7.06. The Morgan fingerprint density at radius 1 is 1.04 bits per heavy atom. The van der Waals surface area contributed by atoms with Crippen molar-refractivity contribution in [3.63, 3.8) is 0 Å². The fourth-order valence-corrected chi connectivity index (χ4v) is 4.02. The van der Waals surface area contributed by atoms with E-state index >= 15 is 0 Å². The first-order chi connectivity index (χ1) is 12.1. The van der Waals surface area contributed by atoms with Crippen LogP contribution in [0.5, 0.6) is 0 Å². The van der Waals surface area contributed by atoms with Crippen molar-refractivity contribution in [2.24, 2.45) is 5.10 Å². The van der Waals surface area contributed by atoms with Gasteiger partial charge in [0.1, 0.15) is 11.5 Å². The third-order valence-electron chi connectivity index (χ3n) is 5.40. The van der Waals surface area contributed by atoms with Crippen LogP contribution in [0.25, 0.3) is 0 Å². The minimum atomic E-state index is -0.0622. The molecule has 1 fully saturated rings. The molecule has 1 aromatic heterocycles. The largest absolute Gasteiger partial charge is 0.327 e. The van der Waals surface area contributed by atoms with Crippen molar-refractivity contribution < 1.29 is 9.59 Å². The Morgan fingerprint density at radius 3 is 2.76 bits per heavy atom. The van der Waals surface area contributed by atoms with Crippen LogP contribution >= 0.6 is 0 Å². The van der Waals surface area contributed by atoms with E-state index in [1.54, 1.807) is 7.05 Å². The number of carbonyl (C=O) groups is 2. The van der Waals surface area contributed by atoms with Crippen LogP contribution in [0.3, 0.4) is 0 Å². The van der Waals surface area contributed by atoms with E-state index < -0.39 is 0 Å². The molecule has 0 spiro atoms. The summed E-state index contributed by atoms with van der Waals surface area (Å²) in [4.78, 5) is 26.5. The molecule has 4 rings (SSSR count). The number of hydrazone groups is 1. The van der Waals surface area contributed by atoms with Crippen LogP contribution in [0.4, 0.5) is 0 Å². The lowest BCUT2D eigenvalue weighted by Crippen LogP contribution is -2.40. The third kappa shape index (κ3) is 2.94. The smallest absolute Gasteiger partial charge is 0.270 e. The number of aromatic nitrogens is 3. The number of amides is 2. The lowest BCUT2D eigenvalue weighted by molar-refractivity contribution is -0.130. The van der Waals surface area contributed by atoms with E-state index in [4.69, 9.17) is 0 Å². The van der Waals surface area contributed by atoms with Crippen LogP contribution in [0.2, 0.25) is 0 Å². The van der Waals surface area contributed by atoms with Crippen molar-refractivity contribution in [2.75, 3.05) is 13.6 Å². The molecule has 3 aliphatic heterocycles. The highest BCUT2D eigenvalue weighted by Gasteiger charge is 2.37. The average Bonchev–Trinajstić information content (AvgIpc) is 3.17. The van der Waals surface area contributed by atoms with Crippen molar-refractivity contribution in [1.29, 1.82) is 0 Å². The molecule has 8 heteroatoms. The Bertz CT molecular complexity index is 725. The van der Waals surface area contributed by atoms with Crippen LogP contribution in [0.1, 0.15) is 62.6 Å². The first-order valence-corrected chi connectivity index (χ1v) is 9.22. The summed E-state index contributed by atoms with van der Waals surface area (Å²) in [7, 11) is 1.61. The quantitative estimate of drug-likeness (QED) is 0.809. The van der Waals surface area contributed by atoms with Gasteiger partial charge in [-0.2, -0.15) is 5.10 Å². The molecule has 0 N–H and O–H groups in total. The fraction of sp³-hybridized carbons (Fsp3) is 0.706. The van der Waals surface area contributed by atoms with E-state index in [2.05, 4.69) is 19.9 Å². The van der Waals surface area contributed by atoms with Crippen LogP contribution < -0.4 is 0 Å². The van der Waals surface area contributed by atoms with E-state index in [0.717, 1.165) is 50.3 Å². The van der Waals surface area contributed by atoms with E-state index in [0.29, 0.717) is 25.1 Å². The normalized spacial score (nSPS) is 24.1. The van der Waals surface area contributed by atoms with Crippen LogP contribution in [0, 0.1) is 0 Å². The lowest BCUT2D eigenvalue weighted by Gasteiger charge is -2.27. The zero-order valence-electron chi connectivity index (χ0n) is 14.6. The topological polar surface area (TPSA) is 83.7 Å². The maximum atomic E-state index is 13.0. The zero-order valence-corrected chi connectivity index (χ0v) is 14.6. The molecule has 0 unspecified atom stereocenters. The maximum absolute atomic E-state index is 13.0. The maximum Gasteiger partial charge on any atom is 0.270 e. The second kappa shape index (κ2) is 6.57. The molecule has 1 aromatic rings. The molecule has 0 aliphatic carbocycles. The minimum Gasteiger partial charge on any atom is -0.327 e. The molecule has 0 radical (unpaired) electrons. The highest BCUT2D eigenvalue weighted by molar-refractivity contribution is 6.39. The molecular formula is C17H24N6O2. The predicted octanol–water partition coefficient (Wildman–Crippen LogP) is 1.28. The van der Waals surface area contributed by atoms with Crippen molar-refractivity contribution in [3.8, 4) is 0 Å². The Labute approximate surface area is 146 Å². The molecule has 0 saturated carbocycles. The number of rotatable bonds is 2. The molecule has 0 bridgehead atoms. The summed E-state index contributed by atoms with van der Waals surface area (Å²) in [5.41, 5.74) is 0.476. The van der Waals surface area contributed by atoms with Crippen molar-refractivity contribution in [2.45, 2.75) is 64.0 Å². The second-order valence-corrected chi connectivity index (χ2v) is 7.06. The monoisotopic (exact) mass is 344 g/mol. The van der Waals surface area contributed by atoms with Gasteiger partial charge in [-0.05, 0) is 25.7 Å². The van der Waals surface area contributed by atoms with E-state index in [9.17, 15) is 9.59 Å². The van der Waals surface area contributed by atoms with Gasteiger partial charge in [0.15, 0.2) is 5.82 Å². The number of nitrogens with zero attached hydrogens (tertiary/aromatic N) is 6. The predicted molar refractivity (Wildman–Crippen MR) is 90.7 cm³/mol. The van der Waals surface area contributed by atoms with Gasteiger partial charge in [-0.1, -0.05) is 6.42 Å². The van der Waals surface area contributed by atoms with Gasteiger partial charge in [-0.25, -0.2) is 5.01 Å². The van der Waals surface area contributed by atoms with Crippen LogP contribution in [-0.4, -0.2) is 55.8 Å². The molecule has 134 valence electrons. The van der Waals surface area contributed by atoms with Gasteiger partial charge in [0.25, 0.3) is 5.91 Å². The number of likely N-dealkylation sites (tertiary alicyclic amines) is 1. The van der Waals surface area contributed by atoms with E-state index in [-0.39, 0.29) is 17.9 Å².